The summed E-state index contributed by atoms with van der Waals surface area (Å²) in [4.78, 5) is 12.3. The first kappa shape index (κ1) is 16.2. The lowest BCUT2D eigenvalue weighted by Gasteiger charge is -2.20. The maximum absolute atomic E-state index is 12.3. The van der Waals surface area contributed by atoms with E-state index in [9.17, 15) is 4.79 Å². The molecule has 2 aliphatic carbocycles. The molecule has 3 nitrogen and oxygen atoms in total. The van der Waals surface area contributed by atoms with Gasteiger partial charge in [-0.3, -0.25) is 4.79 Å². The molecule has 0 aliphatic heterocycles. The van der Waals surface area contributed by atoms with Crippen LogP contribution in [0.2, 0.25) is 0 Å². The fraction of sp³-hybridized carbons (Fsp3) is 0.409. The third-order valence-corrected chi connectivity index (χ3v) is 5.70. The zero-order chi connectivity index (χ0) is 17.2. The molecular weight excluding hydrogens is 310 g/mol. The van der Waals surface area contributed by atoms with Crippen LogP contribution in [-0.2, 0) is 4.79 Å². The van der Waals surface area contributed by atoms with Gasteiger partial charge < -0.3 is 10.1 Å². The van der Waals surface area contributed by atoms with Crippen LogP contribution in [0.25, 0.3) is 0 Å². The van der Waals surface area contributed by atoms with Crippen molar-refractivity contribution in [2.45, 2.75) is 39.0 Å². The fourth-order valence-corrected chi connectivity index (χ4v) is 4.50. The molecule has 3 atom stereocenters. The summed E-state index contributed by atoms with van der Waals surface area (Å²) in [6.45, 7) is 2.04. The highest BCUT2D eigenvalue weighted by molar-refractivity contribution is 5.90. The highest BCUT2D eigenvalue weighted by atomic mass is 16.5. The Labute approximate surface area is 149 Å². The second-order valence-corrected chi connectivity index (χ2v) is 7.63. The predicted octanol–water partition coefficient (Wildman–Crippen LogP) is 5.55. The van der Waals surface area contributed by atoms with Gasteiger partial charge in [-0.05, 0) is 85.9 Å². The molecule has 0 spiro atoms. The van der Waals surface area contributed by atoms with Crippen molar-refractivity contribution in [3.05, 3.63) is 54.1 Å². The molecule has 0 radical (unpaired) electrons. The Morgan fingerprint density at radius 3 is 2.60 bits per heavy atom. The lowest BCUT2D eigenvalue weighted by atomic mass is 9.86. The number of carbonyl (C=O) groups is 1. The summed E-state index contributed by atoms with van der Waals surface area (Å²) in [5, 5.41) is 3.03. The molecule has 2 aromatic rings. The minimum atomic E-state index is 0.143. The van der Waals surface area contributed by atoms with Gasteiger partial charge in [0.15, 0.2) is 0 Å². The topological polar surface area (TPSA) is 38.3 Å². The normalized spacial score (nSPS) is 24.3. The number of nitrogens with one attached hydrogen (secondary N) is 1. The third-order valence-electron chi connectivity index (χ3n) is 5.70. The molecule has 0 saturated heterocycles. The SMILES string of the molecule is Cc1cccc(Oc2ccc(NC(=O)C[C@@H]3C[C@@H]4CC[C@@H]3C4)cc2)c1. The van der Waals surface area contributed by atoms with E-state index in [1.807, 2.05) is 55.5 Å². The Morgan fingerprint density at radius 2 is 1.92 bits per heavy atom. The maximum atomic E-state index is 12.3. The quantitative estimate of drug-likeness (QED) is 0.777. The van der Waals surface area contributed by atoms with Gasteiger partial charge in [0.2, 0.25) is 5.91 Å². The molecule has 3 heteroatoms. The molecule has 1 amide bonds. The number of benzene rings is 2. The lowest BCUT2D eigenvalue weighted by molar-refractivity contribution is -0.117. The molecule has 4 rings (SSSR count). The second kappa shape index (κ2) is 6.91. The van der Waals surface area contributed by atoms with Crippen LogP contribution in [0.1, 0.15) is 37.7 Å². The van der Waals surface area contributed by atoms with E-state index in [2.05, 4.69) is 5.32 Å². The van der Waals surface area contributed by atoms with Crippen LogP contribution >= 0.6 is 0 Å². The van der Waals surface area contributed by atoms with Crippen LogP contribution in [0.3, 0.4) is 0 Å². The molecule has 1 N–H and O–H groups in total. The summed E-state index contributed by atoms with van der Waals surface area (Å²) in [5.74, 6) is 4.03. The molecule has 0 heterocycles. The zero-order valence-corrected chi connectivity index (χ0v) is 14.7. The molecule has 2 fully saturated rings. The molecular formula is C22H25NO2. The van der Waals surface area contributed by atoms with Crippen LogP contribution < -0.4 is 10.1 Å². The molecule has 130 valence electrons. The van der Waals surface area contributed by atoms with Crippen LogP contribution in [0, 0.1) is 24.7 Å². The molecule has 2 bridgehead atoms. The van der Waals surface area contributed by atoms with Crippen LogP contribution in [-0.4, -0.2) is 5.91 Å². The summed E-state index contributed by atoms with van der Waals surface area (Å²) in [6, 6.07) is 15.6. The number of rotatable bonds is 5. The summed E-state index contributed by atoms with van der Waals surface area (Å²) in [5.41, 5.74) is 2.01. The predicted molar refractivity (Wildman–Crippen MR) is 99.9 cm³/mol. The molecule has 0 aromatic heterocycles. The van der Waals surface area contributed by atoms with E-state index in [-0.39, 0.29) is 5.91 Å². The van der Waals surface area contributed by atoms with Gasteiger partial charge in [-0.1, -0.05) is 18.6 Å². The third kappa shape index (κ3) is 3.87. The van der Waals surface area contributed by atoms with Crippen molar-refractivity contribution in [2.75, 3.05) is 5.32 Å². The zero-order valence-electron chi connectivity index (χ0n) is 14.7. The number of hydrogen-bond acceptors (Lipinski definition) is 2. The number of amides is 1. The summed E-state index contributed by atoms with van der Waals surface area (Å²) < 4.78 is 5.85. The number of carbonyl (C=O) groups excluding carboxylic acids is 1. The summed E-state index contributed by atoms with van der Waals surface area (Å²) in [7, 11) is 0. The van der Waals surface area contributed by atoms with Crippen molar-refractivity contribution >= 4 is 11.6 Å². The highest BCUT2D eigenvalue weighted by Gasteiger charge is 2.40. The van der Waals surface area contributed by atoms with E-state index >= 15 is 0 Å². The molecule has 2 aromatic carbocycles. The number of anilines is 1. The van der Waals surface area contributed by atoms with Crippen molar-refractivity contribution in [2.24, 2.45) is 17.8 Å². The van der Waals surface area contributed by atoms with Gasteiger partial charge in [0.05, 0.1) is 0 Å². The molecule has 2 saturated carbocycles. The van der Waals surface area contributed by atoms with E-state index < -0.39 is 0 Å². The van der Waals surface area contributed by atoms with E-state index in [4.69, 9.17) is 4.74 Å². The van der Waals surface area contributed by atoms with Gasteiger partial charge in [0, 0.05) is 12.1 Å². The number of aryl methyl sites for hydroxylation is 1. The van der Waals surface area contributed by atoms with Crippen LogP contribution in [0.15, 0.2) is 48.5 Å². The fourth-order valence-electron chi connectivity index (χ4n) is 4.50. The first-order valence-corrected chi connectivity index (χ1v) is 9.30. The van der Waals surface area contributed by atoms with Gasteiger partial charge in [0.1, 0.15) is 11.5 Å². The maximum Gasteiger partial charge on any atom is 0.224 e. The second-order valence-electron chi connectivity index (χ2n) is 7.63. The van der Waals surface area contributed by atoms with Crippen molar-refractivity contribution in [3.8, 4) is 11.5 Å². The number of ether oxygens (including phenoxy) is 1. The molecule has 2 aliphatic rings. The van der Waals surface area contributed by atoms with Crippen molar-refractivity contribution in [1.29, 1.82) is 0 Å². The standard InChI is InChI=1S/C22H25NO2/c1-15-3-2-4-21(11-15)25-20-9-7-19(8-10-20)23-22(24)14-18-13-16-5-6-17(18)12-16/h2-4,7-11,16-18H,5-6,12-14H2,1H3,(H,23,24)/t16-,17-,18+/m1/s1. The van der Waals surface area contributed by atoms with Crippen molar-refractivity contribution < 1.29 is 9.53 Å². The summed E-state index contributed by atoms with van der Waals surface area (Å²) >= 11 is 0. The Morgan fingerprint density at radius 1 is 1.08 bits per heavy atom. The van der Waals surface area contributed by atoms with Gasteiger partial charge in [-0.25, -0.2) is 0 Å². The highest BCUT2D eigenvalue weighted by Crippen LogP contribution is 2.49. The Bertz CT molecular complexity index is 753. The average molecular weight is 335 g/mol. The molecule has 25 heavy (non-hydrogen) atoms. The Hall–Kier alpha value is -2.29. The van der Waals surface area contributed by atoms with Gasteiger partial charge in [0.25, 0.3) is 0 Å². The number of fused-ring (bicyclic) bond motifs is 2. The van der Waals surface area contributed by atoms with Gasteiger partial charge >= 0.3 is 0 Å². The monoisotopic (exact) mass is 335 g/mol. The van der Waals surface area contributed by atoms with E-state index in [1.165, 1.54) is 31.2 Å². The summed E-state index contributed by atoms with van der Waals surface area (Å²) in [6.07, 6.45) is 5.98. The Kier molecular flexibility index (Phi) is 4.48. The van der Waals surface area contributed by atoms with Gasteiger partial charge in [-0.15, -0.1) is 0 Å². The first-order valence-electron chi connectivity index (χ1n) is 9.30. The number of hydrogen-bond donors (Lipinski definition) is 1. The molecule has 0 unspecified atom stereocenters. The van der Waals surface area contributed by atoms with Crippen molar-refractivity contribution in [3.63, 3.8) is 0 Å². The van der Waals surface area contributed by atoms with Crippen LogP contribution in [0.4, 0.5) is 5.69 Å². The van der Waals surface area contributed by atoms with Gasteiger partial charge in [-0.2, -0.15) is 0 Å². The lowest BCUT2D eigenvalue weighted by Crippen LogP contribution is -2.20. The first-order chi connectivity index (χ1) is 12.2. The van der Waals surface area contributed by atoms with E-state index in [1.54, 1.807) is 0 Å². The minimum absolute atomic E-state index is 0.143. The average Bonchev–Trinajstić information content (AvgIpc) is 3.19. The van der Waals surface area contributed by atoms with Crippen LogP contribution in [0.5, 0.6) is 11.5 Å². The van der Waals surface area contributed by atoms with E-state index in [0.29, 0.717) is 12.3 Å². The smallest absolute Gasteiger partial charge is 0.224 e. The van der Waals surface area contributed by atoms with Crippen molar-refractivity contribution in [1.82, 2.24) is 0 Å². The van der Waals surface area contributed by atoms with E-state index in [0.717, 1.165) is 29.0 Å². The minimum Gasteiger partial charge on any atom is -0.457 e. The largest absolute Gasteiger partial charge is 0.457 e. The Balaban J connectivity index is 1.31.